The van der Waals surface area contributed by atoms with E-state index in [1.54, 1.807) is 32.7 Å². The van der Waals surface area contributed by atoms with E-state index in [1.807, 2.05) is 19.1 Å². The van der Waals surface area contributed by atoms with E-state index in [9.17, 15) is 15.2 Å². The summed E-state index contributed by atoms with van der Waals surface area (Å²) in [6.07, 6.45) is 13.1. The number of nitrogens with zero attached hydrogens (tertiary/aromatic N) is 5. The number of hydrogen-bond acceptors (Lipinski definition) is 9. The zero-order valence-corrected chi connectivity index (χ0v) is 31.2. The van der Waals surface area contributed by atoms with Gasteiger partial charge < -0.3 is 19.9 Å². The smallest absolute Gasteiger partial charge is 0.270 e. The molecule has 4 heterocycles. The van der Waals surface area contributed by atoms with Gasteiger partial charge >= 0.3 is 0 Å². The van der Waals surface area contributed by atoms with Crippen LogP contribution in [-0.2, 0) is 25.9 Å². The fourth-order valence-electron chi connectivity index (χ4n) is 7.92. The SMILES string of the molecule is COc1cc(CCc2nccc(C3=C(C)C(NC(=O)c4ccc(CN5CC[C@@H](O)C5)cn4)C(C)C=C3)c2C#N)cc(OC)c1CN1CCCC[C@H]1C. The summed E-state index contributed by atoms with van der Waals surface area (Å²) >= 11 is 0. The number of nitrogens with one attached hydrogen (secondary N) is 1. The number of hydrogen-bond donors (Lipinski definition) is 2. The van der Waals surface area contributed by atoms with Crippen LogP contribution >= 0.6 is 0 Å². The first-order chi connectivity index (χ1) is 25.2. The van der Waals surface area contributed by atoms with Crippen molar-refractivity contribution in [1.29, 1.82) is 5.26 Å². The van der Waals surface area contributed by atoms with Gasteiger partial charge in [0.05, 0.1) is 43.2 Å². The van der Waals surface area contributed by atoms with Crippen LogP contribution in [0.3, 0.4) is 0 Å². The molecular weight excluding hydrogens is 652 g/mol. The lowest BCUT2D eigenvalue weighted by molar-refractivity contribution is 0.0931. The van der Waals surface area contributed by atoms with Crippen LogP contribution in [0.15, 0.2) is 60.5 Å². The molecule has 2 N–H and O–H groups in total. The second-order valence-electron chi connectivity index (χ2n) is 14.6. The Morgan fingerprint density at radius 3 is 2.46 bits per heavy atom. The molecule has 2 saturated heterocycles. The number of ether oxygens (including phenoxy) is 2. The topological polar surface area (TPSA) is 124 Å². The first-order valence-electron chi connectivity index (χ1n) is 18.6. The molecule has 10 nitrogen and oxygen atoms in total. The lowest BCUT2D eigenvalue weighted by Gasteiger charge is -2.34. The van der Waals surface area contributed by atoms with Gasteiger partial charge in [-0.15, -0.1) is 0 Å². The molecule has 4 atom stereocenters. The number of nitriles is 1. The third-order valence-electron chi connectivity index (χ3n) is 11.0. The number of β-amino-alcohol motifs (C(OH)–C–C–N with tert-alkyl or cyclic N) is 1. The summed E-state index contributed by atoms with van der Waals surface area (Å²) in [5.74, 6) is 1.44. The number of carbonyl (C=O) groups is 1. The number of likely N-dealkylation sites (tertiary alicyclic amines) is 2. The molecule has 2 aliphatic heterocycles. The molecule has 1 aromatic carbocycles. The molecule has 6 rings (SSSR count). The Balaban J connectivity index is 1.17. The lowest BCUT2D eigenvalue weighted by Crippen LogP contribution is -2.41. The number of methoxy groups -OCH3 is 2. The van der Waals surface area contributed by atoms with Gasteiger partial charge in [0.15, 0.2) is 0 Å². The van der Waals surface area contributed by atoms with Crippen LogP contribution in [0.2, 0.25) is 0 Å². The second-order valence-corrected chi connectivity index (χ2v) is 14.6. The fraction of sp³-hybridized carbons (Fsp3) is 0.476. The highest BCUT2D eigenvalue weighted by Crippen LogP contribution is 2.36. The standard InChI is InChI=1S/C42H52N6O4/c1-27-9-12-33(29(3)41(27)46-42(50)38-14-11-31(23-45-38)24-47-19-16-32(49)25-47)34-15-17-44-37(35(34)22-43)13-10-30-20-39(51-4)36(40(21-30)52-5)26-48-18-7-6-8-28(48)2/h9,11-12,14-15,17,20-21,23,27-28,32,41,49H,6-8,10,13,16,18-19,24-26H2,1-5H3,(H,46,50)/t27?,28-,32-,41?/m1/s1. The van der Waals surface area contributed by atoms with Crippen molar-refractivity contribution in [3.05, 3.63) is 99.7 Å². The first kappa shape index (κ1) is 37.2. The maximum Gasteiger partial charge on any atom is 0.270 e. The zero-order chi connectivity index (χ0) is 36.8. The molecule has 1 aliphatic carbocycles. The number of piperidine rings is 1. The molecule has 52 heavy (non-hydrogen) atoms. The number of pyridine rings is 2. The Kier molecular flexibility index (Phi) is 12.1. The minimum atomic E-state index is -0.274. The molecule has 0 saturated carbocycles. The first-order valence-corrected chi connectivity index (χ1v) is 18.6. The van der Waals surface area contributed by atoms with E-state index in [-0.39, 0.29) is 24.0 Å². The number of aryl methyl sites for hydroxylation is 2. The Morgan fingerprint density at radius 2 is 1.81 bits per heavy atom. The van der Waals surface area contributed by atoms with E-state index in [0.717, 1.165) is 76.6 Å². The lowest BCUT2D eigenvalue weighted by atomic mass is 9.82. The minimum absolute atomic E-state index is 0.0477. The van der Waals surface area contributed by atoms with E-state index in [1.165, 1.54) is 19.3 Å². The number of aromatic nitrogens is 2. The number of allylic oxidation sites excluding steroid dienone is 2. The molecule has 0 bridgehead atoms. The van der Waals surface area contributed by atoms with Gasteiger partial charge in [0.25, 0.3) is 5.91 Å². The van der Waals surface area contributed by atoms with Gasteiger partial charge in [-0.05, 0) is 105 Å². The van der Waals surface area contributed by atoms with E-state index in [4.69, 9.17) is 9.47 Å². The van der Waals surface area contributed by atoms with Crippen molar-refractivity contribution in [2.24, 2.45) is 5.92 Å². The predicted octanol–water partition coefficient (Wildman–Crippen LogP) is 5.87. The van der Waals surface area contributed by atoms with Crippen molar-refractivity contribution in [2.75, 3.05) is 33.9 Å². The highest BCUT2D eigenvalue weighted by atomic mass is 16.5. The van der Waals surface area contributed by atoms with Gasteiger partial charge in [0, 0.05) is 50.2 Å². The summed E-state index contributed by atoms with van der Waals surface area (Å²) in [7, 11) is 3.42. The summed E-state index contributed by atoms with van der Waals surface area (Å²) < 4.78 is 11.8. The van der Waals surface area contributed by atoms with Gasteiger partial charge in [-0.2, -0.15) is 5.26 Å². The molecule has 0 radical (unpaired) electrons. The number of rotatable bonds is 12. The Bertz CT molecular complexity index is 1820. The monoisotopic (exact) mass is 704 g/mol. The summed E-state index contributed by atoms with van der Waals surface area (Å²) in [5.41, 5.74) is 7.46. The summed E-state index contributed by atoms with van der Waals surface area (Å²) in [4.78, 5) is 27.3. The number of carbonyl (C=O) groups excluding carboxylic acids is 1. The van der Waals surface area contributed by atoms with Crippen molar-refractivity contribution in [3.8, 4) is 17.6 Å². The molecule has 2 unspecified atom stereocenters. The van der Waals surface area contributed by atoms with E-state index >= 15 is 0 Å². The number of amides is 1. The van der Waals surface area contributed by atoms with E-state index < -0.39 is 0 Å². The van der Waals surface area contributed by atoms with Gasteiger partial charge in [0.2, 0.25) is 0 Å². The van der Waals surface area contributed by atoms with Crippen LogP contribution in [0.4, 0.5) is 0 Å². The predicted molar refractivity (Wildman–Crippen MR) is 202 cm³/mol. The average Bonchev–Trinajstić information content (AvgIpc) is 3.57. The number of benzene rings is 1. The second kappa shape index (κ2) is 16.8. The molecule has 3 aromatic rings. The van der Waals surface area contributed by atoms with Crippen LogP contribution in [0.25, 0.3) is 5.57 Å². The molecule has 3 aliphatic rings. The maximum absolute atomic E-state index is 13.4. The molecule has 2 fully saturated rings. The van der Waals surface area contributed by atoms with Crippen LogP contribution in [0, 0.1) is 17.2 Å². The third-order valence-corrected chi connectivity index (χ3v) is 11.0. The molecule has 0 spiro atoms. The Hall–Kier alpha value is -4.56. The Labute approximate surface area is 308 Å². The zero-order valence-electron chi connectivity index (χ0n) is 31.2. The van der Waals surface area contributed by atoms with Crippen molar-refractivity contribution in [1.82, 2.24) is 25.1 Å². The Morgan fingerprint density at radius 1 is 1.02 bits per heavy atom. The summed E-state index contributed by atoms with van der Waals surface area (Å²) in [6, 6.07) is 12.5. The van der Waals surface area contributed by atoms with Crippen molar-refractivity contribution < 1.29 is 19.4 Å². The highest BCUT2D eigenvalue weighted by molar-refractivity contribution is 5.93. The largest absolute Gasteiger partial charge is 0.496 e. The quantitative estimate of drug-likeness (QED) is 0.238. The van der Waals surface area contributed by atoms with Gasteiger partial charge in [-0.3, -0.25) is 24.6 Å². The van der Waals surface area contributed by atoms with Crippen molar-refractivity contribution in [3.63, 3.8) is 0 Å². The normalized spacial score (nSPS) is 22.3. The van der Waals surface area contributed by atoms with Crippen LogP contribution in [0.5, 0.6) is 11.5 Å². The van der Waals surface area contributed by atoms with Crippen molar-refractivity contribution in [2.45, 2.75) is 90.6 Å². The molecule has 2 aromatic heterocycles. The minimum Gasteiger partial charge on any atom is -0.496 e. The van der Waals surface area contributed by atoms with Gasteiger partial charge in [0.1, 0.15) is 23.3 Å². The number of aliphatic hydroxyl groups excluding tert-OH is 1. The van der Waals surface area contributed by atoms with E-state index in [0.29, 0.717) is 43.2 Å². The molecule has 10 heteroatoms. The third kappa shape index (κ3) is 8.39. The fourth-order valence-corrected chi connectivity index (χ4v) is 7.92. The number of aliphatic hydroxyl groups is 1. The summed E-state index contributed by atoms with van der Waals surface area (Å²) in [5, 5.41) is 23.5. The van der Waals surface area contributed by atoms with Crippen LogP contribution < -0.4 is 14.8 Å². The van der Waals surface area contributed by atoms with Gasteiger partial charge in [-0.1, -0.05) is 31.6 Å². The van der Waals surface area contributed by atoms with Crippen LogP contribution in [-0.4, -0.2) is 82.8 Å². The van der Waals surface area contributed by atoms with Crippen molar-refractivity contribution >= 4 is 11.5 Å². The van der Waals surface area contributed by atoms with Gasteiger partial charge in [-0.25, -0.2) is 0 Å². The molecular formula is C42H52N6O4. The maximum atomic E-state index is 13.4. The average molecular weight is 705 g/mol. The molecule has 274 valence electrons. The molecule has 1 amide bonds. The highest BCUT2D eigenvalue weighted by Gasteiger charge is 2.28. The van der Waals surface area contributed by atoms with Crippen LogP contribution in [0.1, 0.15) is 90.5 Å². The summed E-state index contributed by atoms with van der Waals surface area (Å²) in [6.45, 7) is 10.5. The van der Waals surface area contributed by atoms with E-state index in [2.05, 4.69) is 69.3 Å².